The minimum absolute atomic E-state index is 0.108. The lowest BCUT2D eigenvalue weighted by atomic mass is 10.0. The van der Waals surface area contributed by atoms with Crippen molar-refractivity contribution in [3.63, 3.8) is 0 Å². The number of carbonyl (C=O) groups excluding carboxylic acids is 2. The molecule has 0 aliphatic carbocycles. The Bertz CT molecular complexity index is 1170. The molecule has 0 bridgehead atoms. The number of thioether (sulfide) groups is 1. The summed E-state index contributed by atoms with van der Waals surface area (Å²) in [5, 5.41) is 2.91. The molecule has 1 aliphatic rings. The van der Waals surface area contributed by atoms with Gasteiger partial charge in [0.2, 0.25) is 5.91 Å². The summed E-state index contributed by atoms with van der Waals surface area (Å²) in [6.45, 7) is 6.28. The lowest BCUT2D eigenvalue weighted by Crippen LogP contribution is -2.28. The predicted molar refractivity (Wildman–Crippen MR) is 143 cm³/mol. The van der Waals surface area contributed by atoms with Crippen molar-refractivity contribution in [3.05, 3.63) is 94.5 Å². The summed E-state index contributed by atoms with van der Waals surface area (Å²) in [4.78, 5) is 27.6. The van der Waals surface area contributed by atoms with E-state index in [1.54, 1.807) is 11.8 Å². The second-order valence-electron chi connectivity index (χ2n) is 8.95. The minimum atomic E-state index is -0.126. The van der Waals surface area contributed by atoms with E-state index in [0.717, 1.165) is 34.5 Å². The Labute approximate surface area is 206 Å². The fourth-order valence-electron chi connectivity index (χ4n) is 4.29. The molecule has 34 heavy (non-hydrogen) atoms. The van der Waals surface area contributed by atoms with Gasteiger partial charge in [0.15, 0.2) is 0 Å². The number of unbranched alkanes of at least 4 members (excludes halogenated alkanes) is 2. The van der Waals surface area contributed by atoms with Crippen LogP contribution >= 0.6 is 11.8 Å². The van der Waals surface area contributed by atoms with Crippen LogP contribution in [0.3, 0.4) is 0 Å². The molecule has 0 spiro atoms. The van der Waals surface area contributed by atoms with Crippen LogP contribution in [-0.2, 0) is 11.2 Å². The molecule has 1 N–H and O–H groups in total. The normalized spacial score (nSPS) is 15.6. The Kier molecular flexibility index (Phi) is 7.73. The molecule has 176 valence electrons. The van der Waals surface area contributed by atoms with Crippen LogP contribution in [-0.4, -0.2) is 17.6 Å². The Balaban J connectivity index is 1.50. The van der Waals surface area contributed by atoms with E-state index in [2.05, 4.69) is 30.4 Å². The lowest BCUT2D eigenvalue weighted by Gasteiger charge is -2.26. The van der Waals surface area contributed by atoms with Gasteiger partial charge in [-0.3, -0.25) is 14.5 Å². The molecular formula is C29H32N2O2S. The van der Waals surface area contributed by atoms with Crippen molar-refractivity contribution in [1.82, 2.24) is 0 Å². The average Bonchev–Trinajstić information content (AvgIpc) is 3.22. The summed E-state index contributed by atoms with van der Waals surface area (Å²) in [5.41, 5.74) is 6.80. The highest BCUT2D eigenvalue weighted by Crippen LogP contribution is 2.43. The van der Waals surface area contributed by atoms with Crippen LogP contribution in [0.15, 0.2) is 66.7 Å². The zero-order chi connectivity index (χ0) is 24.1. The van der Waals surface area contributed by atoms with Crippen LogP contribution in [0.1, 0.15) is 64.2 Å². The Morgan fingerprint density at radius 1 is 1.03 bits per heavy atom. The van der Waals surface area contributed by atoms with Gasteiger partial charge in [-0.15, -0.1) is 11.8 Å². The largest absolute Gasteiger partial charge is 0.322 e. The third kappa shape index (κ3) is 5.53. The predicted octanol–water partition coefficient (Wildman–Crippen LogP) is 7.07. The molecule has 1 fully saturated rings. The molecule has 3 aromatic rings. The van der Waals surface area contributed by atoms with Gasteiger partial charge in [0.1, 0.15) is 5.37 Å². The number of anilines is 2. The maximum Gasteiger partial charge on any atom is 0.255 e. The first-order chi connectivity index (χ1) is 16.5. The Morgan fingerprint density at radius 2 is 1.82 bits per heavy atom. The average molecular weight is 473 g/mol. The highest BCUT2D eigenvalue weighted by atomic mass is 32.2. The number of rotatable bonds is 8. The maximum absolute atomic E-state index is 12.9. The first-order valence-electron chi connectivity index (χ1n) is 12.0. The summed E-state index contributed by atoms with van der Waals surface area (Å²) in [7, 11) is 0. The molecule has 4 rings (SSSR count). The molecule has 1 aliphatic heterocycles. The van der Waals surface area contributed by atoms with Crippen molar-refractivity contribution in [2.24, 2.45) is 0 Å². The number of hydrogen-bond acceptors (Lipinski definition) is 3. The molecule has 3 aromatic carbocycles. The number of carbonyl (C=O) groups is 2. The standard InChI is InChI=1S/C29H32N2O2S/c1-4-5-6-8-22-13-15-23(16-14-22)28(33)30-25-10-7-9-24(18-25)29-31(27(32)19-34-29)26-17-20(2)11-12-21(26)3/h7,9-18,29H,4-6,8,19H2,1-3H3,(H,30,33)/t29-/m1/s1. The number of nitrogens with one attached hydrogen (secondary N) is 1. The Hall–Kier alpha value is -3.05. The van der Waals surface area contributed by atoms with Crippen LogP contribution in [0, 0.1) is 13.8 Å². The molecule has 1 saturated heterocycles. The molecule has 2 amide bonds. The molecule has 5 heteroatoms. The van der Waals surface area contributed by atoms with Gasteiger partial charge in [-0.25, -0.2) is 0 Å². The van der Waals surface area contributed by atoms with E-state index in [-0.39, 0.29) is 17.2 Å². The number of amides is 2. The van der Waals surface area contributed by atoms with Gasteiger partial charge < -0.3 is 5.32 Å². The molecule has 0 saturated carbocycles. The van der Waals surface area contributed by atoms with E-state index in [1.807, 2.05) is 67.3 Å². The van der Waals surface area contributed by atoms with Crippen molar-refractivity contribution in [2.45, 2.75) is 51.8 Å². The van der Waals surface area contributed by atoms with E-state index in [4.69, 9.17) is 0 Å². The highest BCUT2D eigenvalue weighted by Gasteiger charge is 2.35. The van der Waals surface area contributed by atoms with Gasteiger partial charge >= 0.3 is 0 Å². The smallest absolute Gasteiger partial charge is 0.255 e. The summed E-state index contributed by atoms with van der Waals surface area (Å²) >= 11 is 1.62. The molecule has 0 radical (unpaired) electrons. The second kappa shape index (κ2) is 10.9. The molecule has 1 atom stereocenters. The van der Waals surface area contributed by atoms with Crippen molar-refractivity contribution >= 4 is 35.0 Å². The van der Waals surface area contributed by atoms with E-state index >= 15 is 0 Å². The number of nitrogens with zero attached hydrogens (tertiary/aromatic N) is 1. The molecule has 1 heterocycles. The van der Waals surface area contributed by atoms with Crippen LogP contribution in [0.4, 0.5) is 11.4 Å². The van der Waals surface area contributed by atoms with Crippen molar-refractivity contribution in [1.29, 1.82) is 0 Å². The van der Waals surface area contributed by atoms with E-state index in [9.17, 15) is 9.59 Å². The fourth-order valence-corrected chi connectivity index (χ4v) is 5.44. The van der Waals surface area contributed by atoms with Crippen molar-refractivity contribution in [2.75, 3.05) is 16.0 Å². The molecular weight excluding hydrogens is 440 g/mol. The van der Waals surface area contributed by atoms with Gasteiger partial charge in [-0.05, 0) is 79.3 Å². The molecule has 0 unspecified atom stereocenters. The minimum Gasteiger partial charge on any atom is -0.322 e. The highest BCUT2D eigenvalue weighted by molar-refractivity contribution is 8.00. The zero-order valence-corrected chi connectivity index (χ0v) is 21.0. The molecule has 4 nitrogen and oxygen atoms in total. The fraction of sp³-hybridized carbons (Fsp3) is 0.310. The van der Waals surface area contributed by atoms with E-state index in [0.29, 0.717) is 11.3 Å². The van der Waals surface area contributed by atoms with Crippen LogP contribution < -0.4 is 10.2 Å². The van der Waals surface area contributed by atoms with Crippen molar-refractivity contribution < 1.29 is 9.59 Å². The van der Waals surface area contributed by atoms with Gasteiger partial charge in [0, 0.05) is 16.9 Å². The summed E-state index contributed by atoms with van der Waals surface area (Å²) in [5.74, 6) is 0.426. The number of benzene rings is 3. The van der Waals surface area contributed by atoms with Crippen LogP contribution in [0.5, 0.6) is 0 Å². The zero-order valence-electron chi connectivity index (χ0n) is 20.1. The Morgan fingerprint density at radius 3 is 2.59 bits per heavy atom. The number of aryl methyl sites for hydroxylation is 3. The van der Waals surface area contributed by atoms with E-state index < -0.39 is 0 Å². The number of hydrogen-bond donors (Lipinski definition) is 1. The lowest BCUT2D eigenvalue weighted by molar-refractivity contribution is -0.115. The first-order valence-corrected chi connectivity index (χ1v) is 13.0. The van der Waals surface area contributed by atoms with Crippen LogP contribution in [0.2, 0.25) is 0 Å². The first kappa shape index (κ1) is 24.1. The summed E-state index contributed by atoms with van der Waals surface area (Å²) < 4.78 is 0. The third-order valence-electron chi connectivity index (χ3n) is 6.21. The third-order valence-corrected chi connectivity index (χ3v) is 7.42. The maximum atomic E-state index is 12.9. The topological polar surface area (TPSA) is 49.4 Å². The van der Waals surface area contributed by atoms with Gasteiger partial charge in [-0.2, -0.15) is 0 Å². The van der Waals surface area contributed by atoms with Gasteiger partial charge in [0.05, 0.1) is 5.75 Å². The van der Waals surface area contributed by atoms with Crippen LogP contribution in [0.25, 0.3) is 0 Å². The second-order valence-corrected chi connectivity index (χ2v) is 10.0. The summed E-state index contributed by atoms with van der Waals surface area (Å²) in [6.07, 6.45) is 4.65. The van der Waals surface area contributed by atoms with E-state index in [1.165, 1.54) is 24.8 Å². The monoisotopic (exact) mass is 472 g/mol. The quantitative estimate of drug-likeness (QED) is 0.357. The molecule has 0 aromatic heterocycles. The van der Waals surface area contributed by atoms with Crippen molar-refractivity contribution in [3.8, 4) is 0 Å². The van der Waals surface area contributed by atoms with Gasteiger partial charge in [-0.1, -0.05) is 56.2 Å². The summed E-state index contributed by atoms with van der Waals surface area (Å²) in [6, 6.07) is 21.9. The SMILES string of the molecule is CCCCCc1ccc(C(=O)Nc2cccc([C@H]3SCC(=O)N3c3cc(C)ccc3C)c2)cc1. The van der Waals surface area contributed by atoms with Gasteiger partial charge in [0.25, 0.3) is 5.91 Å².